The molecule has 0 saturated heterocycles. The second kappa shape index (κ2) is 17.1. The predicted molar refractivity (Wildman–Crippen MR) is 352 cm³/mol. The van der Waals surface area contributed by atoms with Gasteiger partial charge in [-0.25, -0.2) is 0 Å². The first kappa shape index (κ1) is 45.4. The first-order chi connectivity index (χ1) is 41.7. The van der Waals surface area contributed by atoms with E-state index in [9.17, 15) is 0 Å². The van der Waals surface area contributed by atoms with Crippen LogP contribution in [0.2, 0.25) is 0 Å². The molecule has 19 rings (SSSR count). The van der Waals surface area contributed by atoms with Crippen LogP contribution in [0.3, 0.4) is 0 Å². The van der Waals surface area contributed by atoms with Gasteiger partial charge in [-0.15, -0.1) is 0 Å². The van der Waals surface area contributed by atoms with E-state index in [0.29, 0.717) is 0 Å². The number of fused-ring (bicyclic) bond motifs is 18. The van der Waals surface area contributed by atoms with Gasteiger partial charge in [-0.05, 0) is 91.0 Å². The van der Waals surface area contributed by atoms with Gasteiger partial charge in [0.05, 0.1) is 100 Å². The number of benzene rings is 13. The molecule has 0 fully saturated rings. The Morgan fingerprint density at radius 3 is 0.524 bits per heavy atom. The molecule has 84 heavy (non-hydrogen) atoms. The fraction of sp³-hybridized carbons (Fsp3) is 0. The third kappa shape index (κ3) is 6.07. The summed E-state index contributed by atoms with van der Waals surface area (Å²) in [6.45, 7) is 0. The van der Waals surface area contributed by atoms with Crippen molar-refractivity contribution in [1.29, 1.82) is 0 Å². The van der Waals surface area contributed by atoms with Crippen LogP contribution < -0.4 is 0 Å². The zero-order chi connectivity index (χ0) is 54.7. The molecule has 0 aliphatic carbocycles. The van der Waals surface area contributed by atoms with Crippen LogP contribution >= 0.6 is 0 Å². The molecule has 0 spiro atoms. The smallest absolute Gasteiger partial charge is 0.0782 e. The summed E-state index contributed by atoms with van der Waals surface area (Å²) in [5.74, 6) is 0. The molecule has 0 atom stereocenters. The lowest BCUT2D eigenvalue weighted by Gasteiger charge is -2.20. The lowest BCUT2D eigenvalue weighted by Crippen LogP contribution is -2.06. The molecule has 0 aliphatic heterocycles. The van der Waals surface area contributed by atoms with Gasteiger partial charge in [-0.1, -0.05) is 200 Å². The van der Waals surface area contributed by atoms with Crippen molar-refractivity contribution in [3.8, 4) is 34.1 Å². The normalized spacial score (nSPS) is 12.3. The van der Waals surface area contributed by atoms with Gasteiger partial charge in [0, 0.05) is 64.6 Å². The molecule has 6 aromatic heterocycles. The van der Waals surface area contributed by atoms with Crippen molar-refractivity contribution in [3.63, 3.8) is 0 Å². The van der Waals surface area contributed by atoms with Crippen molar-refractivity contribution in [1.82, 2.24) is 27.4 Å². The SMILES string of the molecule is c1ccc2c(c1)c1ccccc1n2-c1cccc2c3ccccc3n(-c3cc(-n4c5ccccc5c5cccc(-n6c7ccccc7c7ccccc76)c54)cc(-n4c5ccccc5c5cccc(-n6c7ccccc7c7ccccc76)c54)c3)c12. The Morgan fingerprint density at radius 1 is 0.143 bits per heavy atom. The summed E-state index contributed by atoms with van der Waals surface area (Å²) in [5.41, 5.74) is 20.3. The zero-order valence-corrected chi connectivity index (χ0v) is 45.4. The second-order valence-corrected chi connectivity index (χ2v) is 22.4. The average molecular weight is 1070 g/mol. The molecule has 6 nitrogen and oxygen atoms in total. The highest BCUT2D eigenvalue weighted by atomic mass is 15.1. The van der Waals surface area contributed by atoms with Gasteiger partial charge in [-0.2, -0.15) is 0 Å². The Balaban J connectivity index is 0.999. The fourth-order valence-corrected chi connectivity index (χ4v) is 14.9. The van der Waals surface area contributed by atoms with Crippen LogP contribution in [-0.4, -0.2) is 27.4 Å². The summed E-state index contributed by atoms with van der Waals surface area (Å²) in [4.78, 5) is 0. The van der Waals surface area contributed by atoms with Crippen LogP contribution in [0.4, 0.5) is 0 Å². The van der Waals surface area contributed by atoms with Crippen LogP contribution in [0.25, 0.3) is 165 Å². The van der Waals surface area contributed by atoms with Gasteiger partial charge in [0.1, 0.15) is 0 Å². The molecule has 13 aromatic carbocycles. The van der Waals surface area contributed by atoms with Crippen molar-refractivity contribution in [2.24, 2.45) is 0 Å². The number of rotatable bonds is 6. The first-order valence-corrected chi connectivity index (χ1v) is 28.9. The molecular weight excluding hydrogens is 1020 g/mol. The maximum Gasteiger partial charge on any atom is 0.0782 e. The molecule has 6 heterocycles. The fourth-order valence-electron chi connectivity index (χ4n) is 14.9. The lowest BCUT2D eigenvalue weighted by molar-refractivity contribution is 1.07. The molecule has 0 aliphatic rings. The summed E-state index contributed by atoms with van der Waals surface area (Å²) in [5, 5.41) is 14.5. The quantitative estimate of drug-likeness (QED) is 0.159. The van der Waals surface area contributed by atoms with E-state index in [1.165, 1.54) is 97.7 Å². The van der Waals surface area contributed by atoms with Crippen LogP contribution in [0.5, 0.6) is 0 Å². The largest absolute Gasteiger partial charge is 0.307 e. The highest BCUT2D eigenvalue weighted by molar-refractivity contribution is 6.19. The Hall–Kier alpha value is -11.3. The van der Waals surface area contributed by atoms with Gasteiger partial charge < -0.3 is 27.4 Å². The van der Waals surface area contributed by atoms with Crippen molar-refractivity contribution >= 4 is 131 Å². The third-order valence-corrected chi connectivity index (χ3v) is 18.1. The average Bonchev–Trinajstić information content (AvgIpc) is 3.61. The lowest BCUT2D eigenvalue weighted by atomic mass is 10.1. The van der Waals surface area contributed by atoms with Gasteiger partial charge in [0.2, 0.25) is 0 Å². The minimum absolute atomic E-state index is 1.04. The van der Waals surface area contributed by atoms with Crippen molar-refractivity contribution in [3.05, 3.63) is 291 Å². The Labute approximate surface area is 480 Å². The molecule has 6 heteroatoms. The van der Waals surface area contributed by atoms with Crippen LogP contribution in [0.15, 0.2) is 291 Å². The van der Waals surface area contributed by atoms with Gasteiger partial charge in [0.25, 0.3) is 0 Å². The Kier molecular flexibility index (Phi) is 9.24. The number of aromatic nitrogens is 6. The van der Waals surface area contributed by atoms with E-state index in [1.807, 2.05) is 0 Å². The highest BCUT2D eigenvalue weighted by Crippen LogP contribution is 2.46. The molecule has 0 saturated carbocycles. The van der Waals surface area contributed by atoms with Crippen LogP contribution in [0, 0.1) is 0 Å². The molecule has 19 aromatic rings. The Morgan fingerprint density at radius 2 is 0.310 bits per heavy atom. The summed E-state index contributed by atoms with van der Waals surface area (Å²) in [7, 11) is 0. The Bertz CT molecular complexity index is 5250. The van der Waals surface area contributed by atoms with E-state index in [-0.39, 0.29) is 0 Å². The van der Waals surface area contributed by atoms with Crippen molar-refractivity contribution in [2.75, 3.05) is 0 Å². The van der Waals surface area contributed by atoms with E-state index in [2.05, 4.69) is 319 Å². The monoisotopic (exact) mass is 1070 g/mol. The van der Waals surface area contributed by atoms with Crippen LogP contribution in [-0.2, 0) is 0 Å². The van der Waals surface area contributed by atoms with Crippen LogP contribution in [0.1, 0.15) is 0 Å². The molecular formula is C78H48N6. The number of nitrogens with zero attached hydrogens (tertiary/aromatic N) is 6. The number of hydrogen-bond donors (Lipinski definition) is 0. The molecule has 0 bridgehead atoms. The minimum Gasteiger partial charge on any atom is -0.307 e. The van der Waals surface area contributed by atoms with Gasteiger partial charge in [0.15, 0.2) is 0 Å². The third-order valence-electron chi connectivity index (χ3n) is 18.1. The highest BCUT2D eigenvalue weighted by Gasteiger charge is 2.26. The predicted octanol–water partition coefficient (Wildman–Crippen LogP) is 20.3. The van der Waals surface area contributed by atoms with Gasteiger partial charge >= 0.3 is 0 Å². The standard InChI is InChI=1S/C78H48N6/c1-13-37-67-52(22-1)53-23-2-14-38-68(53)82(67)73-43-19-31-61-58-28-7-10-34-64(58)79(76(61)73)49-46-50(80-65-35-11-8-29-59(65)62-32-20-44-74(77(62)80)83-69-39-15-3-24-54(69)55-25-4-16-40-70(55)83)48-51(47-49)81-66-36-12-9-30-60(66)63-33-21-45-75(78(63)81)84-71-41-17-5-26-56(71)57-27-6-18-42-72(57)84/h1-48H. The first-order valence-electron chi connectivity index (χ1n) is 28.9. The number of para-hydroxylation sites is 12. The van der Waals surface area contributed by atoms with Crippen molar-refractivity contribution < 1.29 is 0 Å². The maximum atomic E-state index is 2.56. The second-order valence-electron chi connectivity index (χ2n) is 22.4. The maximum absolute atomic E-state index is 2.56. The summed E-state index contributed by atoms with van der Waals surface area (Å²) >= 11 is 0. The van der Waals surface area contributed by atoms with Crippen molar-refractivity contribution in [2.45, 2.75) is 0 Å². The van der Waals surface area contributed by atoms with E-state index in [0.717, 1.165) is 67.2 Å². The van der Waals surface area contributed by atoms with E-state index >= 15 is 0 Å². The zero-order valence-electron chi connectivity index (χ0n) is 45.4. The molecule has 0 amide bonds. The molecule has 0 unspecified atom stereocenters. The van der Waals surface area contributed by atoms with E-state index in [4.69, 9.17) is 0 Å². The molecule has 0 radical (unpaired) electrons. The number of hydrogen-bond acceptors (Lipinski definition) is 0. The topological polar surface area (TPSA) is 29.6 Å². The molecule has 0 N–H and O–H groups in total. The summed E-state index contributed by atoms with van der Waals surface area (Å²) in [6, 6.07) is 108. The van der Waals surface area contributed by atoms with E-state index < -0.39 is 0 Å². The minimum atomic E-state index is 1.04. The van der Waals surface area contributed by atoms with Gasteiger partial charge in [-0.3, -0.25) is 0 Å². The molecule has 390 valence electrons. The van der Waals surface area contributed by atoms with E-state index in [1.54, 1.807) is 0 Å². The summed E-state index contributed by atoms with van der Waals surface area (Å²) in [6.07, 6.45) is 0. The summed E-state index contributed by atoms with van der Waals surface area (Å²) < 4.78 is 15.1.